The average molecular weight is 309 g/mol. The summed E-state index contributed by atoms with van der Waals surface area (Å²) in [6.45, 7) is 7.01. The lowest BCUT2D eigenvalue weighted by atomic mass is 9.73. The van der Waals surface area contributed by atoms with Gasteiger partial charge < -0.3 is 9.31 Å². The molecule has 0 saturated carbocycles. The largest absolute Gasteiger partial charge is 0.494 e. The first-order valence-electron chi connectivity index (χ1n) is 8.13. The summed E-state index contributed by atoms with van der Waals surface area (Å²) < 4.78 is 11.8. The third kappa shape index (κ3) is 4.48. The van der Waals surface area contributed by atoms with Gasteiger partial charge in [0.1, 0.15) is 0 Å². The van der Waals surface area contributed by atoms with Crippen LogP contribution in [0.2, 0.25) is 0 Å². The van der Waals surface area contributed by atoms with Crippen LogP contribution >= 0.6 is 11.6 Å². The highest BCUT2D eigenvalue weighted by atomic mass is 35.5. The van der Waals surface area contributed by atoms with Crippen LogP contribution in [0.3, 0.4) is 0 Å². The minimum absolute atomic E-state index is 0.177. The van der Waals surface area contributed by atoms with Gasteiger partial charge in [0.2, 0.25) is 0 Å². The third-order valence-electron chi connectivity index (χ3n) is 3.83. The number of unbranched alkanes of at least 4 members (excludes halogenated alkanes) is 1. The summed E-state index contributed by atoms with van der Waals surface area (Å²) in [7, 11) is -0.186. The van der Waals surface area contributed by atoms with Gasteiger partial charge in [-0.1, -0.05) is 25.5 Å². The van der Waals surface area contributed by atoms with Crippen LogP contribution in [0.4, 0.5) is 0 Å². The van der Waals surface area contributed by atoms with Gasteiger partial charge in [0.15, 0.2) is 0 Å². The molecule has 1 heterocycles. The van der Waals surface area contributed by atoms with E-state index in [2.05, 4.69) is 32.9 Å². The van der Waals surface area contributed by atoms with E-state index in [1.54, 1.807) is 0 Å². The zero-order valence-electron chi connectivity index (χ0n) is 13.5. The molecule has 116 valence electrons. The van der Waals surface area contributed by atoms with E-state index >= 15 is 0 Å². The Hall–Kier alpha value is -0.505. The molecule has 0 fully saturated rings. The lowest BCUT2D eigenvalue weighted by Crippen LogP contribution is -2.37. The van der Waals surface area contributed by atoms with Crippen LogP contribution in [0, 0.1) is 0 Å². The monoisotopic (exact) mass is 308 g/mol. The summed E-state index contributed by atoms with van der Waals surface area (Å²) in [4.78, 5) is 0. The van der Waals surface area contributed by atoms with Crippen LogP contribution in [0.15, 0.2) is 12.1 Å². The Bertz CT molecular complexity index is 462. The Morgan fingerprint density at radius 3 is 2.76 bits per heavy atom. The molecule has 0 spiro atoms. The Morgan fingerprint density at radius 1 is 1.29 bits per heavy atom. The molecule has 1 aliphatic rings. The van der Waals surface area contributed by atoms with Crippen molar-refractivity contribution in [3.63, 3.8) is 0 Å². The summed E-state index contributed by atoms with van der Waals surface area (Å²) in [5, 5.41) is 0. The quantitative estimate of drug-likeness (QED) is 0.536. The van der Waals surface area contributed by atoms with E-state index in [-0.39, 0.29) is 13.2 Å². The fourth-order valence-electron chi connectivity index (χ4n) is 2.87. The van der Waals surface area contributed by atoms with Crippen molar-refractivity contribution in [3.05, 3.63) is 28.8 Å². The molecule has 0 atom stereocenters. The SMILES string of the molecule is CCCCc1cc(CCCCl)cc2c1B(OC(C)C)OC2. The van der Waals surface area contributed by atoms with Crippen LogP contribution in [0.5, 0.6) is 0 Å². The van der Waals surface area contributed by atoms with E-state index < -0.39 is 0 Å². The molecule has 0 amide bonds. The predicted octanol–water partition coefficient (Wildman–Crippen LogP) is 3.85. The highest BCUT2D eigenvalue weighted by Crippen LogP contribution is 2.20. The minimum Gasteiger partial charge on any atom is -0.405 e. The zero-order chi connectivity index (χ0) is 15.2. The molecule has 1 aliphatic heterocycles. The summed E-state index contributed by atoms with van der Waals surface area (Å²) in [6.07, 6.45) is 5.77. The van der Waals surface area contributed by atoms with Gasteiger partial charge in [-0.3, -0.25) is 0 Å². The van der Waals surface area contributed by atoms with Crippen molar-refractivity contribution in [2.75, 3.05) is 5.88 Å². The molecular formula is C17H26BClO2. The smallest absolute Gasteiger partial charge is 0.405 e. The van der Waals surface area contributed by atoms with Crippen molar-refractivity contribution in [1.29, 1.82) is 0 Å². The normalized spacial score (nSPS) is 14.0. The first-order chi connectivity index (χ1) is 10.2. The van der Waals surface area contributed by atoms with Gasteiger partial charge in [-0.25, -0.2) is 0 Å². The molecule has 0 saturated heterocycles. The maximum atomic E-state index is 5.94. The van der Waals surface area contributed by atoms with Gasteiger partial charge in [0.05, 0.1) is 6.61 Å². The number of hydrogen-bond acceptors (Lipinski definition) is 2. The fourth-order valence-corrected chi connectivity index (χ4v) is 3.00. The number of alkyl halides is 1. The topological polar surface area (TPSA) is 18.5 Å². The van der Waals surface area contributed by atoms with E-state index in [4.69, 9.17) is 20.9 Å². The fraction of sp³-hybridized carbons (Fsp3) is 0.647. The molecule has 0 bridgehead atoms. The second kappa shape index (κ2) is 8.21. The highest BCUT2D eigenvalue weighted by molar-refractivity contribution is 6.63. The second-order valence-electron chi connectivity index (χ2n) is 6.05. The van der Waals surface area contributed by atoms with Crippen LogP contribution < -0.4 is 5.46 Å². The van der Waals surface area contributed by atoms with Crippen LogP contribution in [-0.2, 0) is 28.8 Å². The molecule has 0 aromatic heterocycles. The number of fused-ring (bicyclic) bond motifs is 1. The van der Waals surface area contributed by atoms with Crippen molar-refractivity contribution < 1.29 is 9.31 Å². The molecule has 21 heavy (non-hydrogen) atoms. The van der Waals surface area contributed by atoms with Gasteiger partial charge in [-0.15, -0.1) is 11.6 Å². The van der Waals surface area contributed by atoms with Crippen molar-refractivity contribution >= 4 is 24.2 Å². The maximum Gasteiger partial charge on any atom is 0.494 e. The Morgan fingerprint density at radius 2 is 2.10 bits per heavy atom. The van der Waals surface area contributed by atoms with Gasteiger partial charge >= 0.3 is 7.12 Å². The Labute approximate surface area is 134 Å². The van der Waals surface area contributed by atoms with E-state index in [0.717, 1.165) is 25.1 Å². The van der Waals surface area contributed by atoms with E-state index in [1.165, 1.54) is 35.0 Å². The van der Waals surface area contributed by atoms with E-state index in [0.29, 0.717) is 6.61 Å². The Balaban J connectivity index is 2.27. The summed E-state index contributed by atoms with van der Waals surface area (Å²) in [6, 6.07) is 4.62. The minimum atomic E-state index is -0.186. The van der Waals surface area contributed by atoms with Gasteiger partial charge in [-0.2, -0.15) is 0 Å². The summed E-state index contributed by atoms with van der Waals surface area (Å²) in [5.74, 6) is 0.719. The van der Waals surface area contributed by atoms with Crippen LogP contribution in [-0.4, -0.2) is 19.1 Å². The third-order valence-corrected chi connectivity index (χ3v) is 4.10. The van der Waals surface area contributed by atoms with Crippen LogP contribution in [0.1, 0.15) is 56.7 Å². The van der Waals surface area contributed by atoms with Gasteiger partial charge in [0, 0.05) is 12.0 Å². The molecule has 1 aromatic carbocycles. The van der Waals surface area contributed by atoms with Crippen molar-refractivity contribution in [3.8, 4) is 0 Å². The lowest BCUT2D eigenvalue weighted by Gasteiger charge is -2.16. The highest BCUT2D eigenvalue weighted by Gasteiger charge is 2.34. The van der Waals surface area contributed by atoms with Crippen molar-refractivity contribution in [2.45, 2.75) is 65.6 Å². The predicted molar refractivity (Wildman–Crippen MR) is 90.5 cm³/mol. The number of halogens is 1. The number of rotatable bonds is 8. The molecule has 0 aliphatic carbocycles. The number of benzene rings is 1. The molecule has 1 aromatic rings. The van der Waals surface area contributed by atoms with Crippen LogP contribution in [0.25, 0.3) is 0 Å². The molecule has 0 unspecified atom stereocenters. The molecule has 0 radical (unpaired) electrons. The molecule has 0 N–H and O–H groups in total. The lowest BCUT2D eigenvalue weighted by molar-refractivity contribution is 0.170. The van der Waals surface area contributed by atoms with Gasteiger partial charge in [0.25, 0.3) is 0 Å². The first-order valence-corrected chi connectivity index (χ1v) is 8.66. The molecular weight excluding hydrogens is 282 g/mol. The summed E-state index contributed by atoms with van der Waals surface area (Å²) >= 11 is 5.83. The maximum absolute atomic E-state index is 5.94. The second-order valence-corrected chi connectivity index (χ2v) is 6.43. The number of hydrogen-bond donors (Lipinski definition) is 0. The van der Waals surface area contributed by atoms with Crippen molar-refractivity contribution in [2.24, 2.45) is 0 Å². The molecule has 2 rings (SSSR count). The zero-order valence-corrected chi connectivity index (χ0v) is 14.2. The summed E-state index contributed by atoms with van der Waals surface area (Å²) in [5.41, 5.74) is 5.38. The molecule has 4 heteroatoms. The van der Waals surface area contributed by atoms with Gasteiger partial charge in [-0.05, 0) is 61.7 Å². The first kappa shape index (κ1) is 16.9. The number of aryl methyl sites for hydroxylation is 2. The van der Waals surface area contributed by atoms with E-state index in [1.807, 2.05) is 0 Å². The molecule has 2 nitrogen and oxygen atoms in total. The van der Waals surface area contributed by atoms with E-state index in [9.17, 15) is 0 Å². The van der Waals surface area contributed by atoms with Crippen molar-refractivity contribution in [1.82, 2.24) is 0 Å². The Kier molecular flexibility index (Phi) is 6.59. The average Bonchev–Trinajstić information content (AvgIpc) is 2.85. The standard InChI is InChI=1S/C17H26BClO2/c1-4-5-8-15-10-14(7-6-9-19)11-16-12-20-18(17(15)16)21-13(2)3/h10-11,13H,4-9,12H2,1-3H3.